The van der Waals surface area contributed by atoms with E-state index < -0.39 is 5.41 Å². The van der Waals surface area contributed by atoms with Crippen molar-refractivity contribution in [1.82, 2.24) is 9.97 Å². The lowest BCUT2D eigenvalue weighted by molar-refractivity contribution is 0.722. The normalized spacial score (nSPS) is 12.9. The minimum absolute atomic E-state index is 0.563. The highest BCUT2D eigenvalue weighted by molar-refractivity contribution is 7.99. The summed E-state index contributed by atoms with van der Waals surface area (Å²) in [6.45, 7) is 0. The van der Waals surface area contributed by atoms with Crippen LogP contribution in [0.3, 0.4) is 0 Å². The molecule has 0 saturated carbocycles. The van der Waals surface area contributed by atoms with E-state index in [0.29, 0.717) is 11.4 Å². The Balaban J connectivity index is 1.04. The van der Waals surface area contributed by atoms with Gasteiger partial charge in [0.1, 0.15) is 0 Å². The summed E-state index contributed by atoms with van der Waals surface area (Å²) in [5.41, 5.74) is 16.8. The fourth-order valence-corrected chi connectivity index (χ4v) is 10.1. The number of hydrogen-bond acceptors (Lipinski definition) is 4. The molecule has 11 rings (SSSR count). The number of benzene rings is 8. The Morgan fingerprint density at radius 1 is 0.379 bits per heavy atom. The van der Waals surface area contributed by atoms with Crippen molar-refractivity contribution < 1.29 is 0 Å². The van der Waals surface area contributed by atoms with Crippen LogP contribution < -0.4 is 0 Å². The fourth-order valence-electron chi connectivity index (χ4n) is 8.95. The smallest absolute Gasteiger partial charge is 0.160 e. The standard InChI is InChI=1S/C54H33N3S/c55-34-35-25-27-43-44-28-26-41(32-48(44)54(47(43)29-35)45-21-7-9-23-51(45)58-52-24-10-8-22-46(52)54)39-18-11-17-38(30-39)40-19-12-20-42(31-40)50-33-49(36-13-3-1-4-14-36)56-53(57-50)37-15-5-2-6-16-37/h1-33H. The van der Waals surface area contributed by atoms with Gasteiger partial charge in [0.05, 0.1) is 28.4 Å². The van der Waals surface area contributed by atoms with Crippen LogP contribution in [0.5, 0.6) is 0 Å². The zero-order valence-electron chi connectivity index (χ0n) is 31.3. The molecule has 270 valence electrons. The van der Waals surface area contributed by atoms with E-state index in [0.717, 1.165) is 50.3 Å². The minimum atomic E-state index is -0.563. The van der Waals surface area contributed by atoms with Crippen molar-refractivity contribution in [2.75, 3.05) is 0 Å². The first-order chi connectivity index (χ1) is 28.7. The lowest BCUT2D eigenvalue weighted by Crippen LogP contribution is -2.32. The van der Waals surface area contributed by atoms with E-state index in [1.165, 1.54) is 43.2 Å². The Morgan fingerprint density at radius 3 is 1.50 bits per heavy atom. The topological polar surface area (TPSA) is 49.6 Å². The van der Waals surface area contributed by atoms with E-state index in [2.05, 4.69) is 164 Å². The fraction of sp³-hybridized carbons (Fsp3) is 0.0185. The SMILES string of the molecule is N#Cc1ccc2c(c1)C1(c3ccccc3Sc3ccccc31)c1cc(-c3cccc(-c4cccc(-c5cc(-c6ccccc6)nc(-c6ccccc6)n5)c4)c3)ccc1-2. The summed E-state index contributed by atoms with van der Waals surface area (Å²) in [6.07, 6.45) is 0. The number of hydrogen-bond donors (Lipinski definition) is 0. The third-order valence-corrected chi connectivity index (χ3v) is 12.7. The molecule has 1 spiro atoms. The van der Waals surface area contributed by atoms with E-state index in [1.807, 2.05) is 54.2 Å². The Morgan fingerprint density at radius 2 is 0.862 bits per heavy atom. The molecular formula is C54H33N3S. The van der Waals surface area contributed by atoms with Crippen LogP contribution in [-0.2, 0) is 5.41 Å². The molecule has 1 aliphatic heterocycles. The van der Waals surface area contributed by atoms with E-state index in [1.54, 1.807) is 0 Å². The molecule has 0 radical (unpaired) electrons. The second kappa shape index (κ2) is 13.7. The largest absolute Gasteiger partial charge is 0.228 e. The highest BCUT2D eigenvalue weighted by Crippen LogP contribution is 2.62. The highest BCUT2D eigenvalue weighted by atomic mass is 32.2. The summed E-state index contributed by atoms with van der Waals surface area (Å²) in [7, 11) is 0. The molecule has 0 fully saturated rings. The van der Waals surface area contributed by atoms with Crippen LogP contribution in [0.2, 0.25) is 0 Å². The Kier molecular flexibility index (Phi) is 8.03. The van der Waals surface area contributed by atoms with Gasteiger partial charge in [-0.2, -0.15) is 5.26 Å². The number of fused-ring (bicyclic) bond motifs is 9. The van der Waals surface area contributed by atoms with Gasteiger partial charge < -0.3 is 0 Å². The molecule has 2 heterocycles. The average molecular weight is 756 g/mol. The zero-order chi connectivity index (χ0) is 38.6. The monoisotopic (exact) mass is 755 g/mol. The molecule has 0 saturated heterocycles. The molecule has 0 atom stereocenters. The van der Waals surface area contributed by atoms with Crippen molar-refractivity contribution in [2.24, 2.45) is 0 Å². The molecule has 0 unspecified atom stereocenters. The summed E-state index contributed by atoms with van der Waals surface area (Å²) >= 11 is 1.83. The second-order valence-corrected chi connectivity index (χ2v) is 15.9. The molecule has 0 bridgehead atoms. The van der Waals surface area contributed by atoms with E-state index in [4.69, 9.17) is 9.97 Å². The molecule has 3 nitrogen and oxygen atoms in total. The summed E-state index contributed by atoms with van der Waals surface area (Å²) in [5, 5.41) is 10.1. The van der Waals surface area contributed by atoms with Gasteiger partial charge in [-0.3, -0.25) is 0 Å². The zero-order valence-corrected chi connectivity index (χ0v) is 32.1. The predicted octanol–water partition coefficient (Wildman–Crippen LogP) is 13.5. The Bertz CT molecular complexity index is 3010. The van der Waals surface area contributed by atoms with Gasteiger partial charge in [-0.15, -0.1) is 0 Å². The van der Waals surface area contributed by atoms with Gasteiger partial charge >= 0.3 is 0 Å². The molecular weight excluding hydrogens is 723 g/mol. The first-order valence-corrected chi connectivity index (χ1v) is 20.3. The Hall–Kier alpha value is -7.32. The summed E-state index contributed by atoms with van der Waals surface area (Å²) in [6, 6.07) is 73.2. The van der Waals surface area contributed by atoms with Crippen molar-refractivity contribution in [2.45, 2.75) is 15.2 Å². The van der Waals surface area contributed by atoms with Gasteiger partial charge in [0, 0.05) is 26.5 Å². The maximum Gasteiger partial charge on any atom is 0.160 e. The van der Waals surface area contributed by atoms with Crippen LogP contribution in [0.1, 0.15) is 27.8 Å². The maximum absolute atomic E-state index is 10.1. The maximum atomic E-state index is 10.1. The number of rotatable bonds is 5. The Labute approximate surface area is 342 Å². The van der Waals surface area contributed by atoms with Crippen molar-refractivity contribution in [3.8, 4) is 73.4 Å². The lowest BCUT2D eigenvalue weighted by Gasteiger charge is -2.39. The van der Waals surface area contributed by atoms with Crippen LogP contribution in [0.4, 0.5) is 0 Å². The number of nitrogens with zero attached hydrogens (tertiary/aromatic N) is 3. The molecule has 9 aromatic rings. The van der Waals surface area contributed by atoms with Gasteiger partial charge in [0.15, 0.2) is 5.82 Å². The highest BCUT2D eigenvalue weighted by Gasteiger charge is 2.50. The third kappa shape index (κ3) is 5.44. The van der Waals surface area contributed by atoms with Crippen LogP contribution in [0.15, 0.2) is 210 Å². The first kappa shape index (κ1) is 34.0. The van der Waals surface area contributed by atoms with Crippen LogP contribution in [0, 0.1) is 11.3 Å². The summed E-state index contributed by atoms with van der Waals surface area (Å²) in [4.78, 5) is 12.6. The summed E-state index contributed by atoms with van der Waals surface area (Å²) < 4.78 is 0. The van der Waals surface area contributed by atoms with Crippen molar-refractivity contribution in [3.63, 3.8) is 0 Å². The predicted molar refractivity (Wildman–Crippen MR) is 235 cm³/mol. The minimum Gasteiger partial charge on any atom is -0.228 e. The summed E-state index contributed by atoms with van der Waals surface area (Å²) in [5.74, 6) is 0.700. The quantitative estimate of drug-likeness (QED) is 0.175. The molecule has 0 amide bonds. The van der Waals surface area contributed by atoms with Gasteiger partial charge in [-0.25, -0.2) is 9.97 Å². The van der Waals surface area contributed by atoms with Crippen molar-refractivity contribution in [3.05, 3.63) is 228 Å². The average Bonchev–Trinajstić information content (AvgIpc) is 3.58. The van der Waals surface area contributed by atoms with Crippen molar-refractivity contribution in [1.29, 1.82) is 5.26 Å². The van der Waals surface area contributed by atoms with Gasteiger partial charge in [-0.1, -0.05) is 163 Å². The van der Waals surface area contributed by atoms with Crippen LogP contribution in [0.25, 0.3) is 67.3 Å². The van der Waals surface area contributed by atoms with Crippen LogP contribution >= 0.6 is 11.8 Å². The van der Waals surface area contributed by atoms with E-state index >= 15 is 0 Å². The molecule has 4 heteroatoms. The van der Waals surface area contributed by atoms with Crippen LogP contribution in [-0.4, -0.2) is 9.97 Å². The number of nitriles is 1. The molecule has 8 aromatic carbocycles. The molecule has 58 heavy (non-hydrogen) atoms. The second-order valence-electron chi connectivity index (χ2n) is 14.8. The van der Waals surface area contributed by atoms with Gasteiger partial charge in [0.2, 0.25) is 0 Å². The molecule has 1 aliphatic carbocycles. The number of aromatic nitrogens is 2. The molecule has 1 aromatic heterocycles. The molecule has 2 aliphatic rings. The molecule has 0 N–H and O–H groups in total. The van der Waals surface area contributed by atoms with E-state index in [9.17, 15) is 5.26 Å². The third-order valence-electron chi connectivity index (χ3n) is 11.6. The van der Waals surface area contributed by atoms with Gasteiger partial charge in [-0.05, 0) is 104 Å². The van der Waals surface area contributed by atoms with Gasteiger partial charge in [0.25, 0.3) is 0 Å². The first-order valence-electron chi connectivity index (χ1n) is 19.4. The van der Waals surface area contributed by atoms with E-state index in [-0.39, 0.29) is 0 Å². The lowest BCUT2D eigenvalue weighted by atomic mass is 9.67. The van der Waals surface area contributed by atoms with Crippen molar-refractivity contribution >= 4 is 11.8 Å².